The van der Waals surface area contributed by atoms with Gasteiger partial charge in [-0.1, -0.05) is 0 Å². The smallest absolute Gasteiger partial charge is 0.381 e. The number of aryl methyl sites for hydroxylation is 1. The van der Waals surface area contributed by atoms with E-state index >= 15 is 0 Å². The SMILES string of the molecule is Cc1cn2oc(=O)c(=O)oc2n1. The number of imidazole rings is 1. The van der Waals surface area contributed by atoms with Crippen molar-refractivity contribution in [3.05, 3.63) is 32.7 Å². The minimum absolute atomic E-state index is 0.0166. The van der Waals surface area contributed by atoms with Gasteiger partial charge in [0.05, 0.1) is 11.9 Å². The fraction of sp³-hybridized carbons (Fsp3) is 0.167. The van der Waals surface area contributed by atoms with Crippen LogP contribution in [0.25, 0.3) is 5.84 Å². The Kier molecular flexibility index (Phi) is 1.18. The maximum Gasteiger partial charge on any atom is 0.442 e. The van der Waals surface area contributed by atoms with Gasteiger partial charge in [0, 0.05) is 0 Å². The molecule has 6 nitrogen and oxygen atoms in total. The lowest BCUT2D eigenvalue weighted by Gasteiger charge is -1.84. The molecular formula is C6H4N2O4. The molecule has 0 fully saturated rings. The molecular weight excluding hydrogens is 164 g/mol. The summed E-state index contributed by atoms with van der Waals surface area (Å²) < 4.78 is 10.0. The molecule has 0 radical (unpaired) electrons. The van der Waals surface area contributed by atoms with Gasteiger partial charge < -0.3 is 8.94 Å². The van der Waals surface area contributed by atoms with E-state index in [1.165, 1.54) is 6.20 Å². The topological polar surface area (TPSA) is 77.7 Å². The van der Waals surface area contributed by atoms with Crippen molar-refractivity contribution in [3.8, 4) is 0 Å². The van der Waals surface area contributed by atoms with Crippen LogP contribution in [0.4, 0.5) is 0 Å². The van der Waals surface area contributed by atoms with Crippen LogP contribution in [0.5, 0.6) is 0 Å². The Hall–Kier alpha value is -1.85. The Morgan fingerprint density at radius 2 is 2.17 bits per heavy atom. The molecule has 2 heterocycles. The molecule has 0 aliphatic heterocycles. The molecule has 0 atom stereocenters. The summed E-state index contributed by atoms with van der Waals surface area (Å²) in [6.07, 6.45) is 1.44. The average molecular weight is 168 g/mol. The van der Waals surface area contributed by atoms with Crippen molar-refractivity contribution < 1.29 is 8.94 Å². The molecule has 62 valence electrons. The predicted molar refractivity (Wildman–Crippen MR) is 37.0 cm³/mol. The summed E-state index contributed by atoms with van der Waals surface area (Å²) in [5.74, 6) is -0.0166. The van der Waals surface area contributed by atoms with E-state index in [2.05, 4.69) is 13.9 Å². The Labute approximate surface area is 65.0 Å². The largest absolute Gasteiger partial charge is 0.442 e. The zero-order chi connectivity index (χ0) is 8.72. The van der Waals surface area contributed by atoms with E-state index in [1.54, 1.807) is 6.92 Å². The first kappa shape index (κ1) is 6.84. The van der Waals surface area contributed by atoms with E-state index in [4.69, 9.17) is 0 Å². The Morgan fingerprint density at radius 3 is 2.92 bits per heavy atom. The Bertz CT molecular complexity index is 485. The highest BCUT2D eigenvalue weighted by Crippen LogP contribution is 1.97. The van der Waals surface area contributed by atoms with Gasteiger partial charge in [-0.25, -0.2) is 9.59 Å². The van der Waals surface area contributed by atoms with Crippen LogP contribution in [0, 0.1) is 6.92 Å². The number of fused-ring (bicyclic) bond motifs is 1. The molecule has 6 heteroatoms. The third-order valence-corrected chi connectivity index (χ3v) is 1.30. The summed E-state index contributed by atoms with van der Waals surface area (Å²) in [6, 6.07) is 0. The molecule has 0 spiro atoms. The number of rotatable bonds is 0. The van der Waals surface area contributed by atoms with E-state index in [9.17, 15) is 9.59 Å². The van der Waals surface area contributed by atoms with E-state index in [0.717, 1.165) is 4.57 Å². The van der Waals surface area contributed by atoms with Crippen molar-refractivity contribution in [2.75, 3.05) is 0 Å². The van der Waals surface area contributed by atoms with Gasteiger partial charge >= 0.3 is 17.1 Å². The molecule has 0 aliphatic carbocycles. The van der Waals surface area contributed by atoms with Crippen LogP contribution < -0.4 is 11.3 Å². The van der Waals surface area contributed by atoms with Crippen LogP contribution >= 0.6 is 0 Å². The van der Waals surface area contributed by atoms with Crippen molar-refractivity contribution in [3.63, 3.8) is 0 Å². The summed E-state index contributed by atoms with van der Waals surface area (Å²) in [7, 11) is 0. The maximum atomic E-state index is 10.6. The second kappa shape index (κ2) is 2.07. The minimum Gasteiger partial charge on any atom is -0.381 e. The van der Waals surface area contributed by atoms with E-state index in [0.29, 0.717) is 5.69 Å². The van der Waals surface area contributed by atoms with Gasteiger partial charge in [-0.3, -0.25) is 0 Å². The zero-order valence-electron chi connectivity index (χ0n) is 6.10. The summed E-state index contributed by atoms with van der Waals surface area (Å²) in [5.41, 5.74) is -1.49. The van der Waals surface area contributed by atoms with E-state index < -0.39 is 11.3 Å². The lowest BCUT2D eigenvalue weighted by atomic mass is 10.6. The van der Waals surface area contributed by atoms with Gasteiger partial charge in [0.25, 0.3) is 0 Å². The lowest BCUT2D eigenvalue weighted by molar-refractivity contribution is 0.275. The molecule has 0 aliphatic rings. The average Bonchev–Trinajstić information content (AvgIpc) is 2.30. The number of nitrogens with zero attached hydrogens (tertiary/aromatic N) is 2. The number of aromatic nitrogens is 2. The molecule has 0 N–H and O–H groups in total. The molecule has 0 saturated heterocycles. The van der Waals surface area contributed by atoms with Crippen LogP contribution in [0.3, 0.4) is 0 Å². The van der Waals surface area contributed by atoms with Crippen LogP contribution in [0.15, 0.2) is 24.7 Å². The number of hydrogen-bond donors (Lipinski definition) is 0. The van der Waals surface area contributed by atoms with E-state index in [-0.39, 0.29) is 5.84 Å². The fourth-order valence-electron chi connectivity index (χ4n) is 0.838. The van der Waals surface area contributed by atoms with Gasteiger partial charge in [-0.2, -0.15) is 4.98 Å². The molecule has 0 amide bonds. The van der Waals surface area contributed by atoms with Crippen molar-refractivity contribution >= 4 is 5.84 Å². The normalized spacial score (nSPS) is 10.8. The summed E-state index contributed by atoms with van der Waals surface area (Å²) in [4.78, 5) is 25.0. The molecule has 2 aromatic rings. The quantitative estimate of drug-likeness (QED) is 0.498. The van der Waals surface area contributed by atoms with Crippen LogP contribution in [0.2, 0.25) is 0 Å². The van der Waals surface area contributed by atoms with Gasteiger partial charge in [-0.05, 0) is 6.92 Å². The van der Waals surface area contributed by atoms with Crippen molar-refractivity contribution in [2.24, 2.45) is 0 Å². The van der Waals surface area contributed by atoms with Gasteiger partial charge in [0.2, 0.25) is 0 Å². The minimum atomic E-state index is -1.05. The second-order valence-electron chi connectivity index (χ2n) is 2.26. The standard InChI is InChI=1S/C6H4N2O4/c1-3-2-8-6(7-3)11-4(9)5(10)12-8/h2H,1H3. The fourth-order valence-corrected chi connectivity index (χ4v) is 0.838. The first-order valence-electron chi connectivity index (χ1n) is 3.17. The summed E-state index contributed by atoms with van der Waals surface area (Å²) in [5, 5.41) is 0. The molecule has 0 bridgehead atoms. The zero-order valence-corrected chi connectivity index (χ0v) is 6.10. The van der Waals surface area contributed by atoms with Crippen LogP contribution in [-0.4, -0.2) is 9.56 Å². The monoisotopic (exact) mass is 168 g/mol. The van der Waals surface area contributed by atoms with E-state index in [1.807, 2.05) is 0 Å². The molecule has 0 unspecified atom stereocenters. The van der Waals surface area contributed by atoms with Crippen molar-refractivity contribution in [2.45, 2.75) is 6.92 Å². The predicted octanol–water partition coefficient (Wildman–Crippen LogP) is -0.451. The summed E-state index contributed by atoms with van der Waals surface area (Å²) >= 11 is 0. The van der Waals surface area contributed by atoms with Crippen LogP contribution in [0.1, 0.15) is 5.69 Å². The van der Waals surface area contributed by atoms with Gasteiger partial charge in [0.1, 0.15) is 0 Å². The van der Waals surface area contributed by atoms with Crippen molar-refractivity contribution in [1.82, 2.24) is 9.56 Å². The first-order chi connectivity index (χ1) is 5.66. The highest BCUT2D eigenvalue weighted by molar-refractivity contribution is 5.20. The summed E-state index contributed by atoms with van der Waals surface area (Å²) in [6.45, 7) is 1.69. The third-order valence-electron chi connectivity index (χ3n) is 1.30. The molecule has 0 saturated carbocycles. The molecule has 12 heavy (non-hydrogen) atoms. The van der Waals surface area contributed by atoms with Crippen LogP contribution in [-0.2, 0) is 0 Å². The molecule has 0 aromatic carbocycles. The Morgan fingerprint density at radius 1 is 1.42 bits per heavy atom. The van der Waals surface area contributed by atoms with Crippen molar-refractivity contribution in [1.29, 1.82) is 0 Å². The van der Waals surface area contributed by atoms with Gasteiger partial charge in [-0.15, -0.1) is 4.57 Å². The maximum absolute atomic E-state index is 10.6. The number of hydrogen-bond acceptors (Lipinski definition) is 5. The van der Waals surface area contributed by atoms with Gasteiger partial charge in [0.15, 0.2) is 0 Å². The Balaban J connectivity index is 3.02. The lowest BCUT2D eigenvalue weighted by Crippen LogP contribution is -2.22. The molecule has 2 rings (SSSR count). The highest BCUT2D eigenvalue weighted by Gasteiger charge is 2.05. The third kappa shape index (κ3) is 0.849. The highest BCUT2D eigenvalue weighted by atomic mass is 16.6. The second-order valence-corrected chi connectivity index (χ2v) is 2.26. The molecule has 2 aromatic heterocycles. The first-order valence-corrected chi connectivity index (χ1v) is 3.17.